The lowest BCUT2D eigenvalue weighted by Gasteiger charge is -2.12. The van der Waals surface area contributed by atoms with Gasteiger partial charge in [0.25, 0.3) is 0 Å². The maximum Gasteiger partial charge on any atom is 0.241 e. The number of anilines is 1. The highest BCUT2D eigenvalue weighted by Crippen LogP contribution is 2.18. The molecule has 0 radical (unpaired) electrons. The number of carbonyl (C=O) groups is 2. The van der Waals surface area contributed by atoms with E-state index in [9.17, 15) is 9.59 Å². The summed E-state index contributed by atoms with van der Waals surface area (Å²) in [6.07, 6.45) is 0.560. The third kappa shape index (κ3) is 3.39. The molecule has 0 aliphatic rings. The van der Waals surface area contributed by atoms with Gasteiger partial charge in [-0.3, -0.25) is 9.59 Å². The van der Waals surface area contributed by atoms with Gasteiger partial charge in [-0.15, -0.1) is 0 Å². The van der Waals surface area contributed by atoms with E-state index in [1.807, 2.05) is 0 Å². The van der Waals surface area contributed by atoms with Crippen molar-refractivity contribution >= 4 is 29.6 Å². The molecule has 1 rings (SSSR count). The predicted octanol–water partition coefficient (Wildman–Crippen LogP) is 0.751. The van der Waals surface area contributed by atoms with Gasteiger partial charge in [-0.1, -0.05) is 11.6 Å². The van der Waals surface area contributed by atoms with Gasteiger partial charge in [0.2, 0.25) is 5.91 Å². The number of aldehydes is 1. The Morgan fingerprint density at radius 2 is 2.12 bits per heavy atom. The average Bonchev–Trinajstić information content (AvgIpc) is 2.24. The van der Waals surface area contributed by atoms with Crippen molar-refractivity contribution in [3.8, 4) is 0 Å². The average molecular weight is 257 g/mol. The van der Waals surface area contributed by atoms with Crippen LogP contribution in [0.15, 0.2) is 0 Å². The van der Waals surface area contributed by atoms with E-state index < -0.39 is 0 Å². The molecule has 0 spiro atoms. The smallest absolute Gasteiger partial charge is 0.241 e. The zero-order valence-electron chi connectivity index (χ0n) is 9.82. The zero-order chi connectivity index (χ0) is 13.0. The third-order valence-corrected chi connectivity index (χ3v) is 2.32. The van der Waals surface area contributed by atoms with Gasteiger partial charge < -0.3 is 10.2 Å². The Kier molecular flexibility index (Phi) is 4.39. The molecule has 0 atom stereocenters. The fraction of sp³-hybridized carbons (Fsp3) is 0.400. The number of rotatable bonds is 4. The van der Waals surface area contributed by atoms with Gasteiger partial charge in [0, 0.05) is 14.1 Å². The predicted molar refractivity (Wildman–Crippen MR) is 64.4 cm³/mol. The van der Waals surface area contributed by atoms with Crippen molar-refractivity contribution in [1.82, 2.24) is 14.9 Å². The van der Waals surface area contributed by atoms with E-state index in [4.69, 9.17) is 11.6 Å². The van der Waals surface area contributed by atoms with E-state index >= 15 is 0 Å². The summed E-state index contributed by atoms with van der Waals surface area (Å²) in [7, 11) is 3.28. The summed E-state index contributed by atoms with van der Waals surface area (Å²) in [5, 5.41) is 2.85. The van der Waals surface area contributed by atoms with Crippen LogP contribution in [-0.4, -0.2) is 47.7 Å². The minimum absolute atomic E-state index is 0.0423. The fourth-order valence-electron chi connectivity index (χ4n) is 1.10. The van der Waals surface area contributed by atoms with Crippen LogP contribution in [0.4, 0.5) is 5.82 Å². The minimum atomic E-state index is -0.130. The van der Waals surface area contributed by atoms with E-state index in [2.05, 4.69) is 15.3 Å². The first-order valence-corrected chi connectivity index (χ1v) is 5.27. The largest absolute Gasteiger partial charge is 0.360 e. The van der Waals surface area contributed by atoms with Crippen molar-refractivity contribution in [1.29, 1.82) is 0 Å². The summed E-state index contributed by atoms with van der Waals surface area (Å²) in [5.41, 5.74) is 0.156. The highest BCUT2D eigenvalue weighted by molar-refractivity contribution is 6.32. The molecule has 92 valence electrons. The molecule has 0 saturated carbocycles. The molecule has 1 heterocycles. The van der Waals surface area contributed by atoms with Gasteiger partial charge in [0.05, 0.1) is 12.1 Å². The number of aromatic nitrogens is 2. The van der Waals surface area contributed by atoms with Crippen LogP contribution >= 0.6 is 11.6 Å². The van der Waals surface area contributed by atoms with E-state index in [-0.39, 0.29) is 29.0 Å². The standard InChI is InChI=1S/C10H13ClN4O2/c1-6-13-9(11)7(5-16)10(14-6)12-4-8(17)15(2)3/h5H,4H2,1-3H3,(H,12,13,14). The number of nitrogens with one attached hydrogen (secondary N) is 1. The quantitative estimate of drug-likeness (QED) is 0.636. The van der Waals surface area contributed by atoms with Gasteiger partial charge >= 0.3 is 0 Å². The summed E-state index contributed by atoms with van der Waals surface area (Å²) in [4.78, 5) is 31.5. The number of amides is 1. The lowest BCUT2D eigenvalue weighted by Crippen LogP contribution is -2.29. The number of nitrogens with zero attached hydrogens (tertiary/aromatic N) is 3. The topological polar surface area (TPSA) is 75.2 Å². The summed E-state index contributed by atoms with van der Waals surface area (Å²) in [5.74, 6) is 0.572. The summed E-state index contributed by atoms with van der Waals surface area (Å²) >= 11 is 5.79. The highest BCUT2D eigenvalue weighted by atomic mass is 35.5. The molecule has 0 saturated heterocycles. The highest BCUT2D eigenvalue weighted by Gasteiger charge is 2.12. The van der Waals surface area contributed by atoms with Crippen molar-refractivity contribution in [3.05, 3.63) is 16.5 Å². The second kappa shape index (κ2) is 5.58. The maximum atomic E-state index is 11.4. The van der Waals surface area contributed by atoms with Gasteiger partial charge in [0.15, 0.2) is 6.29 Å². The van der Waals surface area contributed by atoms with Crippen LogP contribution in [0.2, 0.25) is 5.15 Å². The first-order chi connectivity index (χ1) is 7.95. The number of hydrogen-bond donors (Lipinski definition) is 1. The molecule has 6 nitrogen and oxygen atoms in total. The Bertz CT molecular complexity index is 448. The van der Waals surface area contributed by atoms with Crippen molar-refractivity contribution in [2.24, 2.45) is 0 Å². The Morgan fingerprint density at radius 1 is 1.47 bits per heavy atom. The lowest BCUT2D eigenvalue weighted by molar-refractivity contribution is -0.126. The molecule has 7 heteroatoms. The van der Waals surface area contributed by atoms with E-state index in [0.29, 0.717) is 12.1 Å². The SMILES string of the molecule is Cc1nc(Cl)c(C=O)c(NCC(=O)N(C)C)n1. The number of hydrogen-bond acceptors (Lipinski definition) is 5. The number of halogens is 1. The van der Waals surface area contributed by atoms with Gasteiger partial charge in [0.1, 0.15) is 16.8 Å². The number of likely N-dealkylation sites (N-methyl/N-ethyl adjacent to an activating group) is 1. The number of aryl methyl sites for hydroxylation is 1. The van der Waals surface area contributed by atoms with E-state index in [0.717, 1.165) is 0 Å². The molecule has 17 heavy (non-hydrogen) atoms. The van der Waals surface area contributed by atoms with Gasteiger partial charge in [-0.2, -0.15) is 0 Å². The molecular weight excluding hydrogens is 244 g/mol. The van der Waals surface area contributed by atoms with Crippen LogP contribution in [0.1, 0.15) is 16.2 Å². The van der Waals surface area contributed by atoms with Crippen molar-refractivity contribution < 1.29 is 9.59 Å². The summed E-state index contributed by atoms with van der Waals surface area (Å²) in [6.45, 7) is 1.69. The Labute approximate surface area is 104 Å². The second-order valence-corrected chi connectivity index (χ2v) is 3.94. The van der Waals surface area contributed by atoms with Crippen LogP contribution in [0, 0.1) is 6.92 Å². The van der Waals surface area contributed by atoms with Gasteiger partial charge in [-0.25, -0.2) is 9.97 Å². The molecule has 1 aromatic heterocycles. The summed E-state index contributed by atoms with van der Waals surface area (Å²) in [6, 6.07) is 0. The maximum absolute atomic E-state index is 11.4. The van der Waals surface area contributed by atoms with Crippen LogP contribution in [-0.2, 0) is 4.79 Å². The zero-order valence-corrected chi connectivity index (χ0v) is 10.6. The summed E-state index contributed by atoms with van der Waals surface area (Å²) < 4.78 is 0. The fourth-order valence-corrected chi connectivity index (χ4v) is 1.36. The number of carbonyl (C=O) groups excluding carboxylic acids is 2. The van der Waals surface area contributed by atoms with Crippen molar-refractivity contribution in [3.63, 3.8) is 0 Å². The molecule has 0 unspecified atom stereocenters. The Hall–Kier alpha value is -1.69. The Balaban J connectivity index is 2.90. The van der Waals surface area contributed by atoms with E-state index in [1.54, 1.807) is 21.0 Å². The third-order valence-electron chi connectivity index (χ3n) is 2.03. The van der Waals surface area contributed by atoms with Crippen LogP contribution in [0.25, 0.3) is 0 Å². The van der Waals surface area contributed by atoms with Gasteiger partial charge in [-0.05, 0) is 6.92 Å². The minimum Gasteiger partial charge on any atom is -0.360 e. The molecule has 1 N–H and O–H groups in total. The van der Waals surface area contributed by atoms with Crippen LogP contribution < -0.4 is 5.32 Å². The molecule has 0 aliphatic heterocycles. The normalized spacial score (nSPS) is 9.88. The molecular formula is C10H13ClN4O2. The molecule has 0 fully saturated rings. The molecule has 0 aromatic carbocycles. The van der Waals surface area contributed by atoms with Crippen molar-refractivity contribution in [2.45, 2.75) is 6.92 Å². The molecule has 1 aromatic rings. The molecule has 1 amide bonds. The molecule has 0 bridgehead atoms. The van der Waals surface area contributed by atoms with Crippen molar-refractivity contribution in [2.75, 3.05) is 26.0 Å². The Morgan fingerprint density at radius 3 is 2.65 bits per heavy atom. The first kappa shape index (κ1) is 13.4. The van der Waals surface area contributed by atoms with E-state index in [1.165, 1.54) is 4.90 Å². The monoisotopic (exact) mass is 256 g/mol. The second-order valence-electron chi connectivity index (χ2n) is 3.58. The first-order valence-electron chi connectivity index (χ1n) is 4.89. The lowest BCUT2D eigenvalue weighted by atomic mass is 10.3. The molecule has 0 aliphatic carbocycles. The van der Waals surface area contributed by atoms with Crippen LogP contribution in [0.3, 0.4) is 0 Å². The van der Waals surface area contributed by atoms with Crippen LogP contribution in [0.5, 0.6) is 0 Å².